The number of aromatic amines is 1. The van der Waals surface area contributed by atoms with Gasteiger partial charge in [0, 0.05) is 34.1 Å². The minimum atomic E-state index is -0.109. The number of hydrogen-bond acceptors (Lipinski definition) is 4. The molecule has 0 saturated carbocycles. The zero-order valence-electron chi connectivity index (χ0n) is 15.5. The molecule has 0 bridgehead atoms. The van der Waals surface area contributed by atoms with Crippen LogP contribution in [0.5, 0.6) is 11.5 Å². The van der Waals surface area contributed by atoms with Crippen molar-refractivity contribution in [3.05, 3.63) is 75.8 Å². The predicted molar refractivity (Wildman–Crippen MR) is 114 cm³/mol. The molecule has 0 spiro atoms. The summed E-state index contributed by atoms with van der Waals surface area (Å²) in [6.07, 6.45) is 0.437. The number of benzene rings is 2. The average Bonchev–Trinajstić information content (AvgIpc) is 2.70. The highest BCUT2D eigenvalue weighted by molar-refractivity contribution is 5.90. The lowest BCUT2D eigenvalue weighted by Crippen LogP contribution is -2.15. The van der Waals surface area contributed by atoms with Crippen molar-refractivity contribution < 1.29 is 9.47 Å². The third-order valence-corrected chi connectivity index (χ3v) is 4.84. The Morgan fingerprint density at radius 2 is 1.64 bits per heavy atom. The van der Waals surface area contributed by atoms with Crippen LogP contribution < -0.4 is 15.0 Å². The van der Waals surface area contributed by atoms with Crippen molar-refractivity contribution in [2.24, 2.45) is 0 Å². The summed E-state index contributed by atoms with van der Waals surface area (Å²) in [5.41, 5.74) is 3.12. The summed E-state index contributed by atoms with van der Waals surface area (Å²) in [5.74, 6) is 1.23. The predicted octanol–water partition coefficient (Wildman–Crippen LogP) is 4.63. The van der Waals surface area contributed by atoms with Crippen molar-refractivity contribution in [1.29, 1.82) is 0 Å². The lowest BCUT2D eigenvalue weighted by molar-refractivity contribution is 0.356. The van der Waals surface area contributed by atoms with Gasteiger partial charge in [0.1, 0.15) is 0 Å². The Labute approximate surface area is 164 Å². The number of aryl methyl sites for hydroxylation is 1. The third kappa shape index (κ3) is 3.31. The molecule has 0 unspecified atom stereocenters. The van der Waals surface area contributed by atoms with Gasteiger partial charge >= 0.3 is 0 Å². The van der Waals surface area contributed by atoms with Crippen LogP contribution in [0.4, 0.5) is 0 Å². The molecule has 2 aromatic heterocycles. The van der Waals surface area contributed by atoms with Gasteiger partial charge in [-0.2, -0.15) is 0 Å². The number of hydrogen-bond donors (Lipinski definition) is 1. The lowest BCUT2D eigenvalue weighted by atomic mass is 10.00. The normalized spacial score (nSPS) is 10.7. The lowest BCUT2D eigenvalue weighted by Gasteiger charge is -2.13. The van der Waals surface area contributed by atoms with Gasteiger partial charge in [-0.25, -0.2) is 0 Å². The molecule has 1 N–H and O–H groups in total. The summed E-state index contributed by atoms with van der Waals surface area (Å²) in [5, 5.41) is 2.86. The second-order valence-corrected chi connectivity index (χ2v) is 6.48. The fourth-order valence-corrected chi connectivity index (χ4v) is 3.44. The van der Waals surface area contributed by atoms with Crippen LogP contribution in [0, 0.1) is 6.92 Å². The van der Waals surface area contributed by atoms with Crippen molar-refractivity contribution in [2.45, 2.75) is 20.8 Å². The van der Waals surface area contributed by atoms with E-state index in [9.17, 15) is 4.79 Å². The second kappa shape index (κ2) is 7.72. The monoisotopic (exact) mass is 376 g/mol. The molecule has 0 saturated heterocycles. The number of para-hydroxylation sites is 1. The van der Waals surface area contributed by atoms with Crippen molar-refractivity contribution in [3.63, 3.8) is 0 Å². The summed E-state index contributed by atoms with van der Waals surface area (Å²) >= 11 is 0. The van der Waals surface area contributed by atoms with Crippen LogP contribution >= 0.6 is 0 Å². The van der Waals surface area contributed by atoms with Crippen LogP contribution in [0.15, 0.2) is 53.3 Å². The minimum Gasteiger partial charge on any atom is -0.493 e. The van der Waals surface area contributed by atoms with Gasteiger partial charge < -0.3 is 14.5 Å². The Morgan fingerprint density at radius 1 is 0.964 bits per heavy atom. The van der Waals surface area contributed by atoms with Crippen LogP contribution in [-0.4, -0.2) is 24.2 Å². The molecule has 0 aliphatic heterocycles. The second-order valence-electron chi connectivity index (χ2n) is 6.48. The number of nitrogens with zero attached hydrogens (tertiary/aromatic N) is 1. The Bertz CT molecular complexity index is 1210. The molecule has 0 atom stereocenters. The van der Waals surface area contributed by atoms with Crippen molar-refractivity contribution in [1.82, 2.24) is 9.97 Å². The number of fused-ring (bicyclic) bond motifs is 2. The highest BCUT2D eigenvalue weighted by atomic mass is 16.5. The van der Waals surface area contributed by atoms with Crippen LogP contribution in [0.2, 0.25) is 0 Å². The highest BCUT2D eigenvalue weighted by Gasteiger charge is 2.15. The third-order valence-electron chi connectivity index (χ3n) is 4.84. The first-order valence-electron chi connectivity index (χ1n) is 8.73. The number of nitrogens with one attached hydrogen (secondary N) is 1. The van der Waals surface area contributed by atoms with E-state index in [-0.39, 0.29) is 13.0 Å². The van der Waals surface area contributed by atoms with E-state index in [0.717, 1.165) is 33.1 Å². The van der Waals surface area contributed by atoms with Crippen LogP contribution in [0.3, 0.4) is 0 Å². The molecule has 2 aromatic carbocycles. The van der Waals surface area contributed by atoms with Gasteiger partial charge in [-0.3, -0.25) is 9.78 Å². The van der Waals surface area contributed by atoms with E-state index in [1.165, 1.54) is 0 Å². The molecule has 5 nitrogen and oxygen atoms in total. The molecule has 5 heteroatoms. The molecular formula is C23H24N2O3. The number of rotatable bonds is 4. The maximum Gasteiger partial charge on any atom is 0.252 e. The van der Waals surface area contributed by atoms with Crippen molar-refractivity contribution >= 4 is 21.7 Å². The molecular weight excluding hydrogens is 352 g/mol. The first-order valence-corrected chi connectivity index (χ1v) is 8.73. The molecule has 0 amide bonds. The molecule has 4 aromatic rings. The van der Waals surface area contributed by atoms with E-state index < -0.39 is 0 Å². The van der Waals surface area contributed by atoms with E-state index in [4.69, 9.17) is 14.5 Å². The summed E-state index contributed by atoms with van der Waals surface area (Å²) in [6.45, 7) is 1.88. The Balaban J connectivity index is 0.00000225. The number of H-pyrrole nitrogens is 1. The zero-order chi connectivity index (χ0) is 19.0. The highest BCUT2D eigenvalue weighted by Crippen LogP contribution is 2.34. The van der Waals surface area contributed by atoms with E-state index in [1.807, 2.05) is 55.5 Å². The molecule has 0 fully saturated rings. The number of methoxy groups -OCH3 is 2. The zero-order valence-corrected chi connectivity index (χ0v) is 15.5. The molecule has 28 heavy (non-hydrogen) atoms. The fraction of sp³-hybridized carbons (Fsp3) is 0.217. The quantitative estimate of drug-likeness (QED) is 0.564. The maximum absolute atomic E-state index is 12.7. The van der Waals surface area contributed by atoms with Crippen LogP contribution in [0.1, 0.15) is 24.4 Å². The van der Waals surface area contributed by atoms with E-state index in [2.05, 4.69) is 4.98 Å². The SMILES string of the molecule is C.COc1cc2c(C)[nH]c(=O)c(Cc3ccc4ccccc4n3)c2cc1OC. The Morgan fingerprint density at radius 3 is 2.36 bits per heavy atom. The molecule has 0 aliphatic rings. The largest absolute Gasteiger partial charge is 0.493 e. The first-order chi connectivity index (χ1) is 13.1. The topological polar surface area (TPSA) is 64.2 Å². The number of aromatic nitrogens is 2. The van der Waals surface area contributed by atoms with Gasteiger partial charge in [0.2, 0.25) is 0 Å². The van der Waals surface area contributed by atoms with Gasteiger partial charge in [-0.05, 0) is 36.6 Å². The summed E-state index contributed by atoms with van der Waals surface area (Å²) in [7, 11) is 3.19. The average molecular weight is 376 g/mol. The van der Waals surface area contributed by atoms with Crippen molar-refractivity contribution in [3.8, 4) is 11.5 Å². The molecule has 4 rings (SSSR count). The molecule has 0 aliphatic carbocycles. The number of pyridine rings is 2. The summed E-state index contributed by atoms with van der Waals surface area (Å²) < 4.78 is 10.8. The van der Waals surface area contributed by atoms with Crippen LogP contribution in [0.25, 0.3) is 21.7 Å². The fourth-order valence-electron chi connectivity index (χ4n) is 3.44. The van der Waals surface area contributed by atoms with E-state index in [0.29, 0.717) is 23.5 Å². The van der Waals surface area contributed by atoms with Crippen LogP contribution in [-0.2, 0) is 6.42 Å². The van der Waals surface area contributed by atoms with Gasteiger partial charge in [0.05, 0.1) is 19.7 Å². The summed E-state index contributed by atoms with van der Waals surface area (Å²) in [6, 6.07) is 15.7. The first kappa shape index (κ1) is 19.4. The minimum absolute atomic E-state index is 0. The van der Waals surface area contributed by atoms with Gasteiger partial charge in [0.25, 0.3) is 5.56 Å². The summed E-state index contributed by atoms with van der Waals surface area (Å²) in [4.78, 5) is 20.4. The Hall–Kier alpha value is -3.34. The number of ether oxygens (including phenoxy) is 2. The maximum atomic E-state index is 12.7. The molecule has 144 valence electrons. The molecule has 2 heterocycles. The standard InChI is InChI=1S/C22H20N2O3.CH4/c1-13-16-11-20(26-2)21(27-3)12-17(16)18(22(25)23-13)10-15-9-8-14-6-4-5-7-19(14)24-15;/h4-9,11-12H,10H2,1-3H3,(H,23,25);1H4. The van der Waals surface area contributed by atoms with E-state index >= 15 is 0 Å². The van der Waals surface area contributed by atoms with Gasteiger partial charge in [0.15, 0.2) is 11.5 Å². The van der Waals surface area contributed by atoms with Crippen molar-refractivity contribution in [2.75, 3.05) is 14.2 Å². The molecule has 0 radical (unpaired) electrons. The smallest absolute Gasteiger partial charge is 0.252 e. The Kier molecular flexibility index (Phi) is 5.36. The van der Waals surface area contributed by atoms with Gasteiger partial charge in [-0.15, -0.1) is 0 Å². The van der Waals surface area contributed by atoms with Gasteiger partial charge in [-0.1, -0.05) is 31.7 Å². The van der Waals surface area contributed by atoms with E-state index in [1.54, 1.807) is 14.2 Å².